The molecule has 5 rings (SSSR count). The number of benzene rings is 3. The summed E-state index contributed by atoms with van der Waals surface area (Å²) < 4.78 is 5.75. The molecule has 1 unspecified atom stereocenters. The van der Waals surface area contributed by atoms with E-state index < -0.39 is 0 Å². The Morgan fingerprint density at radius 3 is 2.68 bits per heavy atom. The Kier molecular flexibility index (Phi) is 5.26. The van der Waals surface area contributed by atoms with E-state index in [0.29, 0.717) is 17.8 Å². The number of rotatable bonds is 6. The second-order valence-corrected chi connectivity index (χ2v) is 8.16. The number of ether oxygens (including phenoxy) is 1. The second-order valence-electron chi connectivity index (χ2n) is 8.16. The van der Waals surface area contributed by atoms with Gasteiger partial charge in [-0.2, -0.15) is 0 Å². The van der Waals surface area contributed by atoms with E-state index in [1.807, 2.05) is 36.4 Å². The predicted molar refractivity (Wildman–Crippen MR) is 123 cm³/mol. The summed E-state index contributed by atoms with van der Waals surface area (Å²) in [4.78, 5) is 20.3. The van der Waals surface area contributed by atoms with Crippen LogP contribution in [0.4, 0.5) is 5.69 Å². The average molecular weight is 412 g/mol. The number of aryl methyl sites for hydroxylation is 2. The summed E-state index contributed by atoms with van der Waals surface area (Å²) >= 11 is 0. The highest BCUT2D eigenvalue weighted by atomic mass is 16.5. The second kappa shape index (κ2) is 8.36. The first-order chi connectivity index (χ1) is 15.2. The highest BCUT2D eigenvalue weighted by molar-refractivity contribution is 5.80. The number of fused-ring (bicyclic) bond motifs is 2. The van der Waals surface area contributed by atoms with Crippen LogP contribution in [-0.4, -0.2) is 9.97 Å². The summed E-state index contributed by atoms with van der Waals surface area (Å²) in [7, 11) is 0. The first-order valence-electron chi connectivity index (χ1n) is 10.7. The monoisotopic (exact) mass is 411 g/mol. The topological polar surface area (TPSA) is 67.0 Å². The highest BCUT2D eigenvalue weighted by Gasteiger charge is 2.24. The maximum absolute atomic E-state index is 12.8. The molecule has 0 saturated heterocycles. The lowest BCUT2D eigenvalue weighted by molar-refractivity contribution is 0.102. The standard InChI is InChI=1S/C26H25N3O2/c1-17-7-10-20(11-8-17)27-23-12-9-19-13-24-22(14-21(19)23)26(30)29-25(28-24)16-31-15-18-5-3-2-4-6-18/h2-8,10-11,13-14,23,27H,9,12,15-16H2,1H3,(H,28,29,30). The lowest BCUT2D eigenvalue weighted by Gasteiger charge is -2.16. The van der Waals surface area contributed by atoms with Crippen molar-refractivity contribution in [1.29, 1.82) is 0 Å². The summed E-state index contributed by atoms with van der Waals surface area (Å²) in [5, 5.41) is 4.24. The fourth-order valence-corrected chi connectivity index (χ4v) is 4.20. The van der Waals surface area contributed by atoms with Crippen molar-refractivity contribution in [2.24, 2.45) is 0 Å². The largest absolute Gasteiger partial charge is 0.378 e. The molecule has 0 aliphatic heterocycles. The molecule has 1 aliphatic rings. The number of nitrogens with one attached hydrogen (secondary N) is 2. The van der Waals surface area contributed by atoms with E-state index in [0.717, 1.165) is 29.6 Å². The van der Waals surface area contributed by atoms with Crippen molar-refractivity contribution in [2.45, 2.75) is 39.0 Å². The molecule has 5 nitrogen and oxygen atoms in total. The van der Waals surface area contributed by atoms with Crippen LogP contribution in [0.5, 0.6) is 0 Å². The van der Waals surface area contributed by atoms with Crippen molar-refractivity contribution in [3.63, 3.8) is 0 Å². The van der Waals surface area contributed by atoms with E-state index in [9.17, 15) is 4.79 Å². The minimum atomic E-state index is -0.118. The maximum Gasteiger partial charge on any atom is 0.258 e. The van der Waals surface area contributed by atoms with Crippen LogP contribution in [0, 0.1) is 6.92 Å². The van der Waals surface area contributed by atoms with Gasteiger partial charge >= 0.3 is 0 Å². The molecule has 0 bridgehead atoms. The third kappa shape index (κ3) is 4.23. The molecule has 5 heteroatoms. The predicted octanol–water partition coefficient (Wildman–Crippen LogP) is 5.05. The number of hydrogen-bond donors (Lipinski definition) is 2. The van der Waals surface area contributed by atoms with E-state index in [2.05, 4.69) is 52.5 Å². The molecular weight excluding hydrogens is 386 g/mol. The van der Waals surface area contributed by atoms with Gasteiger partial charge in [0, 0.05) is 5.69 Å². The van der Waals surface area contributed by atoms with Crippen LogP contribution in [-0.2, 0) is 24.4 Å². The molecule has 0 radical (unpaired) electrons. The zero-order valence-electron chi connectivity index (χ0n) is 17.5. The van der Waals surface area contributed by atoms with Crippen LogP contribution in [0.25, 0.3) is 10.9 Å². The number of anilines is 1. The van der Waals surface area contributed by atoms with Crippen LogP contribution in [0.1, 0.15) is 40.5 Å². The number of aromatic nitrogens is 2. The summed E-state index contributed by atoms with van der Waals surface area (Å²) in [5.41, 5.74) is 6.49. The third-order valence-electron chi connectivity index (χ3n) is 5.84. The number of nitrogens with zero attached hydrogens (tertiary/aromatic N) is 1. The van der Waals surface area contributed by atoms with Crippen molar-refractivity contribution < 1.29 is 4.74 Å². The Labute approximate surface area is 181 Å². The summed E-state index contributed by atoms with van der Waals surface area (Å²) in [5.74, 6) is 0.556. The van der Waals surface area contributed by atoms with Gasteiger partial charge < -0.3 is 15.0 Å². The van der Waals surface area contributed by atoms with Crippen molar-refractivity contribution in [3.8, 4) is 0 Å². The molecule has 1 aromatic heterocycles. The van der Waals surface area contributed by atoms with Gasteiger partial charge in [0.1, 0.15) is 12.4 Å². The lowest BCUT2D eigenvalue weighted by atomic mass is 10.0. The summed E-state index contributed by atoms with van der Waals surface area (Å²) in [6.07, 6.45) is 1.98. The van der Waals surface area contributed by atoms with Crippen LogP contribution < -0.4 is 10.9 Å². The summed E-state index contributed by atoms with van der Waals surface area (Å²) in [6.45, 7) is 2.84. The van der Waals surface area contributed by atoms with Crippen molar-refractivity contribution in [3.05, 3.63) is 105 Å². The van der Waals surface area contributed by atoms with Crippen LogP contribution in [0.15, 0.2) is 71.5 Å². The van der Waals surface area contributed by atoms with Crippen molar-refractivity contribution >= 4 is 16.6 Å². The SMILES string of the molecule is Cc1ccc(NC2CCc3cc4nc(COCc5ccccc5)[nH]c(=O)c4cc32)cc1. The molecule has 0 spiro atoms. The van der Waals surface area contributed by atoms with Gasteiger partial charge in [0.15, 0.2) is 0 Å². The molecule has 156 valence electrons. The molecule has 0 amide bonds. The average Bonchev–Trinajstić information content (AvgIpc) is 3.16. The van der Waals surface area contributed by atoms with Gasteiger partial charge in [-0.3, -0.25) is 4.79 Å². The quantitative estimate of drug-likeness (QED) is 0.466. The van der Waals surface area contributed by atoms with Crippen LogP contribution in [0.2, 0.25) is 0 Å². The lowest BCUT2D eigenvalue weighted by Crippen LogP contribution is -2.14. The first-order valence-corrected chi connectivity index (χ1v) is 10.7. The van der Waals surface area contributed by atoms with Crippen molar-refractivity contribution in [2.75, 3.05) is 5.32 Å². The van der Waals surface area contributed by atoms with E-state index in [4.69, 9.17) is 4.74 Å². The smallest absolute Gasteiger partial charge is 0.258 e. The Morgan fingerprint density at radius 1 is 1.06 bits per heavy atom. The van der Waals surface area contributed by atoms with Crippen LogP contribution >= 0.6 is 0 Å². The molecule has 1 atom stereocenters. The van der Waals surface area contributed by atoms with Gasteiger partial charge in [0.25, 0.3) is 5.56 Å². The molecule has 1 heterocycles. The first kappa shape index (κ1) is 19.5. The molecule has 0 saturated carbocycles. The van der Waals surface area contributed by atoms with Gasteiger partial charge in [-0.05, 0) is 60.7 Å². The zero-order valence-corrected chi connectivity index (χ0v) is 17.5. The number of aromatic amines is 1. The van der Waals surface area contributed by atoms with E-state index in [-0.39, 0.29) is 18.2 Å². The van der Waals surface area contributed by atoms with E-state index in [1.165, 1.54) is 16.7 Å². The Morgan fingerprint density at radius 2 is 1.87 bits per heavy atom. The zero-order chi connectivity index (χ0) is 21.2. The minimum Gasteiger partial charge on any atom is -0.378 e. The normalized spacial score (nSPS) is 15.2. The van der Waals surface area contributed by atoms with Gasteiger partial charge in [-0.25, -0.2) is 4.98 Å². The molecular formula is C26H25N3O2. The van der Waals surface area contributed by atoms with E-state index >= 15 is 0 Å². The van der Waals surface area contributed by atoms with Gasteiger partial charge in [-0.15, -0.1) is 0 Å². The molecule has 0 fully saturated rings. The van der Waals surface area contributed by atoms with Gasteiger partial charge in [0.05, 0.1) is 23.6 Å². The van der Waals surface area contributed by atoms with Crippen molar-refractivity contribution in [1.82, 2.24) is 9.97 Å². The fraction of sp³-hybridized carbons (Fsp3) is 0.231. The van der Waals surface area contributed by atoms with Gasteiger partial charge in [-0.1, -0.05) is 48.0 Å². The Balaban J connectivity index is 1.36. The molecule has 3 aromatic carbocycles. The van der Waals surface area contributed by atoms with E-state index in [1.54, 1.807) is 0 Å². The Bertz CT molecular complexity index is 1260. The molecule has 1 aliphatic carbocycles. The highest BCUT2D eigenvalue weighted by Crippen LogP contribution is 2.35. The Hall–Kier alpha value is -3.44. The minimum absolute atomic E-state index is 0.118. The molecule has 2 N–H and O–H groups in total. The summed E-state index contributed by atoms with van der Waals surface area (Å²) in [6, 6.07) is 22.7. The molecule has 31 heavy (non-hydrogen) atoms. The maximum atomic E-state index is 12.8. The third-order valence-corrected chi connectivity index (χ3v) is 5.84. The van der Waals surface area contributed by atoms with Gasteiger partial charge in [0.2, 0.25) is 0 Å². The molecule has 4 aromatic rings. The van der Waals surface area contributed by atoms with Crippen LogP contribution in [0.3, 0.4) is 0 Å². The fourth-order valence-electron chi connectivity index (χ4n) is 4.20. The number of H-pyrrole nitrogens is 1. The number of hydrogen-bond acceptors (Lipinski definition) is 4.